The Hall–Kier alpha value is -1.19. The van der Waals surface area contributed by atoms with Gasteiger partial charge in [0.25, 0.3) is 0 Å². The number of hydrogen-bond acceptors (Lipinski definition) is 2. The lowest BCUT2D eigenvalue weighted by atomic mass is 9.93. The predicted molar refractivity (Wildman–Crippen MR) is 72.9 cm³/mol. The summed E-state index contributed by atoms with van der Waals surface area (Å²) in [6.07, 6.45) is 5.60. The van der Waals surface area contributed by atoms with E-state index in [0.717, 1.165) is 25.8 Å². The van der Waals surface area contributed by atoms with E-state index in [-0.39, 0.29) is 0 Å². The topological polar surface area (TPSA) is 33.5 Å². The van der Waals surface area contributed by atoms with E-state index in [1.54, 1.807) is 4.90 Å². The molecule has 0 radical (unpaired) electrons. The number of hydrogen-bond donors (Lipinski definition) is 2. The van der Waals surface area contributed by atoms with Crippen molar-refractivity contribution in [3.63, 3.8) is 0 Å². The van der Waals surface area contributed by atoms with E-state index >= 15 is 0 Å². The molecule has 0 amide bonds. The summed E-state index contributed by atoms with van der Waals surface area (Å²) >= 11 is 0. The van der Waals surface area contributed by atoms with E-state index in [4.69, 9.17) is 0 Å². The minimum Gasteiger partial charge on any atom is -0.311 e. The van der Waals surface area contributed by atoms with Gasteiger partial charge in [-0.25, -0.2) is 0 Å². The number of fused-ring (bicyclic) bond motifs is 3. The number of quaternary nitrogens is 1. The Morgan fingerprint density at radius 3 is 2.63 bits per heavy atom. The minimum atomic E-state index is 0.413. The van der Waals surface area contributed by atoms with Crippen molar-refractivity contribution in [1.82, 2.24) is 5.32 Å². The Kier molecular flexibility index (Phi) is 2.71. The fourth-order valence-corrected chi connectivity index (χ4v) is 4.42. The number of benzene rings is 1. The third-order valence-corrected chi connectivity index (χ3v) is 5.20. The normalized spacial score (nSPS) is 37.2. The zero-order chi connectivity index (χ0) is 12.8. The molecule has 19 heavy (non-hydrogen) atoms. The van der Waals surface area contributed by atoms with Crippen LogP contribution in [0, 0.1) is 0 Å². The molecule has 3 heterocycles. The molecule has 3 heteroatoms. The second kappa shape index (κ2) is 4.43. The van der Waals surface area contributed by atoms with Crippen LogP contribution in [-0.2, 0) is 11.2 Å². The Morgan fingerprint density at radius 2 is 1.84 bits per heavy atom. The molecule has 0 saturated carbocycles. The summed E-state index contributed by atoms with van der Waals surface area (Å²) in [6.45, 7) is 1.07. The summed E-state index contributed by atoms with van der Waals surface area (Å²) in [5, 5.41) is 3.71. The minimum absolute atomic E-state index is 0.413. The van der Waals surface area contributed by atoms with Crippen LogP contribution in [0.5, 0.6) is 0 Å². The molecular weight excluding hydrogens is 236 g/mol. The van der Waals surface area contributed by atoms with Crippen LogP contribution in [0.3, 0.4) is 0 Å². The third-order valence-electron chi connectivity index (χ3n) is 5.20. The lowest BCUT2D eigenvalue weighted by Crippen LogP contribution is -3.19. The van der Waals surface area contributed by atoms with E-state index in [1.165, 1.54) is 24.0 Å². The van der Waals surface area contributed by atoms with Gasteiger partial charge in [-0.1, -0.05) is 24.3 Å². The molecule has 3 aliphatic heterocycles. The summed E-state index contributed by atoms with van der Waals surface area (Å²) < 4.78 is 0. The largest absolute Gasteiger partial charge is 0.311 e. The summed E-state index contributed by atoms with van der Waals surface area (Å²) in [5.74, 6) is 0.486. The van der Waals surface area contributed by atoms with Gasteiger partial charge in [-0.2, -0.15) is 0 Å². The van der Waals surface area contributed by atoms with Crippen LogP contribution in [-0.4, -0.2) is 24.4 Å². The smallest absolute Gasteiger partial charge is 0.168 e. The van der Waals surface area contributed by atoms with Crippen LogP contribution in [0.1, 0.15) is 43.0 Å². The fraction of sp³-hybridized carbons (Fsp3) is 0.562. The Labute approximate surface area is 114 Å². The molecule has 3 aliphatic rings. The van der Waals surface area contributed by atoms with Crippen LogP contribution >= 0.6 is 0 Å². The molecule has 2 saturated heterocycles. The van der Waals surface area contributed by atoms with E-state index in [2.05, 4.69) is 29.6 Å². The standard InChI is InChI=1S/C16H20N2O/c19-14-9-12-5-6-13(10-14)18(12)16-15-4-2-1-3-11(15)7-8-17-16/h1-4,12-13,16-17H,5-10H2/p+1. The molecule has 100 valence electrons. The molecule has 0 aromatic heterocycles. The Bertz CT molecular complexity index is 497. The van der Waals surface area contributed by atoms with Crippen molar-refractivity contribution < 1.29 is 9.69 Å². The van der Waals surface area contributed by atoms with E-state index in [9.17, 15) is 4.79 Å². The average Bonchev–Trinajstić information content (AvgIpc) is 2.70. The monoisotopic (exact) mass is 257 g/mol. The summed E-state index contributed by atoms with van der Waals surface area (Å²) in [5.41, 5.74) is 2.96. The van der Waals surface area contributed by atoms with Crippen molar-refractivity contribution in [2.45, 2.75) is 50.4 Å². The molecule has 3 nitrogen and oxygen atoms in total. The number of nitrogens with one attached hydrogen (secondary N) is 2. The first kappa shape index (κ1) is 11.6. The van der Waals surface area contributed by atoms with Gasteiger partial charge in [-0.05, 0) is 12.0 Å². The van der Waals surface area contributed by atoms with Gasteiger partial charge in [0.05, 0.1) is 24.9 Å². The summed E-state index contributed by atoms with van der Waals surface area (Å²) in [4.78, 5) is 13.4. The molecule has 2 N–H and O–H groups in total. The van der Waals surface area contributed by atoms with Crippen molar-refractivity contribution >= 4 is 5.78 Å². The number of Topliss-reactive ketones (excluding diaryl/α,β-unsaturated/α-hetero) is 1. The van der Waals surface area contributed by atoms with Crippen LogP contribution in [0.25, 0.3) is 0 Å². The molecule has 2 bridgehead atoms. The van der Waals surface area contributed by atoms with Gasteiger partial charge >= 0.3 is 0 Å². The first-order valence-electron chi connectivity index (χ1n) is 7.52. The second-order valence-corrected chi connectivity index (χ2v) is 6.25. The Morgan fingerprint density at radius 1 is 1.11 bits per heavy atom. The van der Waals surface area contributed by atoms with Crippen molar-refractivity contribution in [3.8, 4) is 0 Å². The highest BCUT2D eigenvalue weighted by molar-refractivity contribution is 5.80. The second-order valence-electron chi connectivity index (χ2n) is 6.25. The lowest BCUT2D eigenvalue weighted by molar-refractivity contribution is -0.971. The van der Waals surface area contributed by atoms with Crippen LogP contribution in [0.15, 0.2) is 24.3 Å². The van der Waals surface area contributed by atoms with Gasteiger partial charge in [0.15, 0.2) is 6.17 Å². The maximum atomic E-state index is 11.8. The molecule has 0 aliphatic carbocycles. The molecule has 4 rings (SSSR count). The van der Waals surface area contributed by atoms with Crippen molar-refractivity contribution in [3.05, 3.63) is 35.4 Å². The van der Waals surface area contributed by atoms with Crippen molar-refractivity contribution in [2.75, 3.05) is 6.54 Å². The zero-order valence-electron chi connectivity index (χ0n) is 11.2. The zero-order valence-corrected chi connectivity index (χ0v) is 11.2. The molecule has 0 spiro atoms. The van der Waals surface area contributed by atoms with Gasteiger partial charge in [0, 0.05) is 24.9 Å². The van der Waals surface area contributed by atoms with Crippen molar-refractivity contribution in [1.29, 1.82) is 0 Å². The van der Waals surface area contributed by atoms with Crippen LogP contribution in [0.4, 0.5) is 0 Å². The summed E-state index contributed by atoms with van der Waals surface area (Å²) in [7, 11) is 0. The predicted octanol–water partition coefficient (Wildman–Crippen LogP) is 0.610. The number of carbonyl (C=O) groups is 1. The maximum Gasteiger partial charge on any atom is 0.168 e. The van der Waals surface area contributed by atoms with E-state index < -0.39 is 0 Å². The maximum absolute atomic E-state index is 11.8. The third kappa shape index (κ3) is 1.84. The van der Waals surface area contributed by atoms with E-state index in [0.29, 0.717) is 24.0 Å². The molecule has 3 unspecified atom stereocenters. The van der Waals surface area contributed by atoms with Gasteiger partial charge in [-0.15, -0.1) is 0 Å². The molecule has 2 fully saturated rings. The van der Waals surface area contributed by atoms with Crippen LogP contribution in [0.2, 0.25) is 0 Å². The van der Waals surface area contributed by atoms with Gasteiger partial charge in [-0.3, -0.25) is 10.1 Å². The first-order chi connectivity index (χ1) is 9.33. The number of carbonyl (C=O) groups excluding carboxylic acids is 1. The highest BCUT2D eigenvalue weighted by Crippen LogP contribution is 2.26. The molecule has 3 atom stereocenters. The highest BCUT2D eigenvalue weighted by atomic mass is 16.1. The van der Waals surface area contributed by atoms with Crippen molar-refractivity contribution in [2.24, 2.45) is 0 Å². The van der Waals surface area contributed by atoms with Gasteiger partial charge in [0.2, 0.25) is 0 Å². The van der Waals surface area contributed by atoms with Gasteiger partial charge in [0.1, 0.15) is 5.78 Å². The fourth-order valence-electron chi connectivity index (χ4n) is 4.42. The highest BCUT2D eigenvalue weighted by Gasteiger charge is 2.48. The number of rotatable bonds is 1. The molecular formula is C16H21N2O+. The molecule has 1 aromatic carbocycles. The van der Waals surface area contributed by atoms with E-state index in [1.807, 2.05) is 0 Å². The average molecular weight is 257 g/mol. The quantitative estimate of drug-likeness (QED) is 0.773. The SMILES string of the molecule is O=C1CC2CCC(C1)[NH+]2C1NCCc2ccccc21. The Balaban J connectivity index is 1.69. The first-order valence-corrected chi connectivity index (χ1v) is 7.52. The lowest BCUT2D eigenvalue weighted by Gasteiger charge is -2.40. The molecule has 1 aromatic rings. The van der Waals surface area contributed by atoms with Crippen LogP contribution < -0.4 is 10.2 Å². The van der Waals surface area contributed by atoms with Gasteiger partial charge < -0.3 is 4.90 Å². The number of piperidine rings is 1. The number of ketones is 1. The summed E-state index contributed by atoms with van der Waals surface area (Å²) in [6, 6.07) is 9.93.